The Kier molecular flexibility index (Phi) is 5.19. The molecule has 106 valence electrons. The number of thiazole rings is 1. The van der Waals surface area contributed by atoms with Crippen molar-refractivity contribution in [2.45, 2.75) is 32.8 Å². The average Bonchev–Trinajstić information content (AvgIpc) is 2.75. The van der Waals surface area contributed by atoms with Crippen LogP contribution in [0.5, 0.6) is 0 Å². The number of aryl methyl sites for hydroxylation is 2. The maximum absolute atomic E-state index is 12.4. The van der Waals surface area contributed by atoms with Crippen LogP contribution in [0.2, 0.25) is 0 Å². The molecule has 1 aromatic heterocycles. The minimum atomic E-state index is 0.110. The zero-order valence-electron chi connectivity index (χ0n) is 11.3. The van der Waals surface area contributed by atoms with Gasteiger partial charge in [0.25, 0.3) is 5.91 Å². The van der Waals surface area contributed by atoms with E-state index in [0.717, 1.165) is 41.5 Å². The number of aromatic nitrogens is 1. The fourth-order valence-electron chi connectivity index (χ4n) is 2.31. The number of piperidine rings is 1. The number of hydrogen-bond acceptors (Lipinski definition) is 4. The minimum Gasteiger partial charge on any atom is -0.377 e. The van der Waals surface area contributed by atoms with Crippen LogP contribution >= 0.6 is 22.9 Å². The lowest BCUT2D eigenvalue weighted by Gasteiger charge is -2.31. The molecule has 1 aliphatic rings. The summed E-state index contributed by atoms with van der Waals surface area (Å²) in [6.07, 6.45) is 2.02. The van der Waals surface area contributed by atoms with Gasteiger partial charge in [-0.15, -0.1) is 22.9 Å². The molecule has 1 aliphatic heterocycles. The third-order valence-corrected chi connectivity index (χ3v) is 4.47. The quantitative estimate of drug-likeness (QED) is 0.803. The Morgan fingerprint density at radius 3 is 2.68 bits per heavy atom. The van der Waals surface area contributed by atoms with Crippen LogP contribution in [-0.4, -0.2) is 47.5 Å². The fourth-order valence-corrected chi connectivity index (χ4v) is 3.29. The summed E-state index contributed by atoms with van der Waals surface area (Å²) in [4.78, 5) is 19.4. The molecule has 6 heteroatoms. The highest BCUT2D eigenvalue weighted by atomic mass is 35.5. The Morgan fingerprint density at radius 2 is 2.16 bits per heavy atom. The molecule has 1 aromatic rings. The lowest BCUT2D eigenvalue weighted by Crippen LogP contribution is -2.41. The van der Waals surface area contributed by atoms with Crippen LogP contribution in [-0.2, 0) is 4.74 Å². The Hall–Kier alpha value is -0.650. The van der Waals surface area contributed by atoms with Crippen molar-refractivity contribution in [3.63, 3.8) is 0 Å². The number of carbonyl (C=O) groups excluding carboxylic acids is 1. The Morgan fingerprint density at radius 1 is 1.47 bits per heavy atom. The molecule has 0 bridgehead atoms. The molecule has 19 heavy (non-hydrogen) atoms. The molecule has 0 aliphatic carbocycles. The lowest BCUT2D eigenvalue weighted by atomic mass is 10.1. The van der Waals surface area contributed by atoms with Gasteiger partial charge in [-0.2, -0.15) is 0 Å². The summed E-state index contributed by atoms with van der Waals surface area (Å²) in [5, 5.41) is 0.946. The second-order valence-corrected chi connectivity index (χ2v) is 6.28. The normalized spacial score (nSPS) is 16.9. The zero-order chi connectivity index (χ0) is 13.8. The second-order valence-electron chi connectivity index (χ2n) is 4.70. The number of alkyl halides is 1. The van der Waals surface area contributed by atoms with E-state index in [4.69, 9.17) is 16.3 Å². The van der Waals surface area contributed by atoms with Gasteiger partial charge in [0, 0.05) is 19.0 Å². The second kappa shape index (κ2) is 6.68. The lowest BCUT2D eigenvalue weighted by molar-refractivity contribution is 0.0155. The summed E-state index contributed by atoms with van der Waals surface area (Å²) in [6.45, 7) is 5.92. The molecule has 0 radical (unpaired) electrons. The van der Waals surface area contributed by atoms with E-state index in [-0.39, 0.29) is 12.0 Å². The van der Waals surface area contributed by atoms with Crippen LogP contribution in [0.3, 0.4) is 0 Å². The summed E-state index contributed by atoms with van der Waals surface area (Å²) < 4.78 is 5.61. The molecular weight excluding hydrogens is 284 g/mol. The Labute approximate surface area is 122 Å². The molecule has 2 rings (SSSR count). The molecule has 1 amide bonds. The molecule has 1 saturated heterocycles. The van der Waals surface area contributed by atoms with E-state index in [2.05, 4.69) is 4.98 Å². The summed E-state index contributed by atoms with van der Waals surface area (Å²) in [5.41, 5.74) is 0.841. The molecular formula is C13H19ClN2O2S. The van der Waals surface area contributed by atoms with E-state index in [1.807, 2.05) is 18.7 Å². The predicted molar refractivity (Wildman–Crippen MR) is 77.2 cm³/mol. The van der Waals surface area contributed by atoms with Crippen LogP contribution in [0.1, 0.15) is 33.2 Å². The summed E-state index contributed by atoms with van der Waals surface area (Å²) in [6, 6.07) is 0. The van der Waals surface area contributed by atoms with Gasteiger partial charge in [-0.1, -0.05) is 0 Å². The van der Waals surface area contributed by atoms with Gasteiger partial charge in [0.2, 0.25) is 0 Å². The van der Waals surface area contributed by atoms with Crippen LogP contribution in [0.15, 0.2) is 0 Å². The molecule has 0 aromatic carbocycles. The molecule has 0 atom stereocenters. The van der Waals surface area contributed by atoms with E-state index < -0.39 is 0 Å². The van der Waals surface area contributed by atoms with Gasteiger partial charge in [0.15, 0.2) is 0 Å². The van der Waals surface area contributed by atoms with Crippen molar-refractivity contribution in [2.24, 2.45) is 0 Å². The van der Waals surface area contributed by atoms with E-state index in [9.17, 15) is 4.79 Å². The number of hydrogen-bond donors (Lipinski definition) is 0. The number of carbonyl (C=O) groups is 1. The first-order valence-corrected chi connectivity index (χ1v) is 7.87. The SMILES string of the molecule is Cc1nc(C)c(C(=O)N2CCC(OCCCl)CC2)s1. The third kappa shape index (κ3) is 3.68. The van der Waals surface area contributed by atoms with Crippen molar-refractivity contribution in [3.8, 4) is 0 Å². The number of halogens is 1. The average molecular weight is 303 g/mol. The van der Waals surface area contributed by atoms with Gasteiger partial charge in [-0.3, -0.25) is 4.79 Å². The molecule has 0 saturated carbocycles. The van der Waals surface area contributed by atoms with E-state index in [1.54, 1.807) is 0 Å². The molecule has 0 spiro atoms. The highest BCUT2D eigenvalue weighted by Crippen LogP contribution is 2.22. The van der Waals surface area contributed by atoms with Gasteiger partial charge in [-0.05, 0) is 26.7 Å². The molecule has 4 nitrogen and oxygen atoms in total. The smallest absolute Gasteiger partial charge is 0.265 e. The number of ether oxygens (including phenoxy) is 1. The minimum absolute atomic E-state index is 0.110. The Bertz CT molecular complexity index is 442. The van der Waals surface area contributed by atoms with Crippen molar-refractivity contribution < 1.29 is 9.53 Å². The molecule has 2 heterocycles. The summed E-state index contributed by atoms with van der Waals surface area (Å²) >= 11 is 7.08. The predicted octanol–water partition coefficient (Wildman–Crippen LogP) is 2.62. The summed E-state index contributed by atoms with van der Waals surface area (Å²) in [7, 11) is 0. The van der Waals surface area contributed by atoms with E-state index >= 15 is 0 Å². The standard InChI is InChI=1S/C13H19ClN2O2S/c1-9-12(19-10(2)15-9)13(17)16-6-3-11(4-7-16)18-8-5-14/h11H,3-8H2,1-2H3. The van der Waals surface area contributed by atoms with Crippen molar-refractivity contribution in [3.05, 3.63) is 15.6 Å². The molecule has 1 fully saturated rings. The third-order valence-electron chi connectivity index (χ3n) is 3.26. The maximum Gasteiger partial charge on any atom is 0.265 e. The number of likely N-dealkylation sites (tertiary alicyclic amines) is 1. The first kappa shape index (κ1) is 14.8. The highest BCUT2D eigenvalue weighted by Gasteiger charge is 2.26. The number of amides is 1. The first-order valence-electron chi connectivity index (χ1n) is 6.52. The van der Waals surface area contributed by atoms with Crippen LogP contribution in [0.4, 0.5) is 0 Å². The van der Waals surface area contributed by atoms with Crippen molar-refractivity contribution >= 4 is 28.8 Å². The van der Waals surface area contributed by atoms with Crippen LogP contribution in [0.25, 0.3) is 0 Å². The van der Waals surface area contributed by atoms with Crippen molar-refractivity contribution in [2.75, 3.05) is 25.6 Å². The topological polar surface area (TPSA) is 42.4 Å². The van der Waals surface area contributed by atoms with Gasteiger partial charge < -0.3 is 9.64 Å². The van der Waals surface area contributed by atoms with E-state index in [1.165, 1.54) is 11.3 Å². The van der Waals surface area contributed by atoms with E-state index in [0.29, 0.717) is 12.5 Å². The number of rotatable bonds is 4. The largest absolute Gasteiger partial charge is 0.377 e. The van der Waals surface area contributed by atoms with Gasteiger partial charge >= 0.3 is 0 Å². The summed E-state index contributed by atoms with van der Waals surface area (Å²) in [5.74, 6) is 0.636. The van der Waals surface area contributed by atoms with Crippen LogP contribution in [0, 0.1) is 13.8 Å². The fraction of sp³-hybridized carbons (Fsp3) is 0.692. The Balaban J connectivity index is 1.91. The monoisotopic (exact) mass is 302 g/mol. The first-order chi connectivity index (χ1) is 9.11. The number of nitrogens with zero attached hydrogens (tertiary/aromatic N) is 2. The van der Waals surface area contributed by atoms with Crippen LogP contribution < -0.4 is 0 Å². The van der Waals surface area contributed by atoms with Crippen molar-refractivity contribution in [1.29, 1.82) is 0 Å². The highest BCUT2D eigenvalue weighted by molar-refractivity contribution is 7.13. The van der Waals surface area contributed by atoms with Crippen molar-refractivity contribution in [1.82, 2.24) is 9.88 Å². The molecule has 0 N–H and O–H groups in total. The molecule has 0 unspecified atom stereocenters. The van der Waals surface area contributed by atoms with Gasteiger partial charge in [-0.25, -0.2) is 4.98 Å². The zero-order valence-corrected chi connectivity index (χ0v) is 12.9. The maximum atomic E-state index is 12.4. The van der Waals surface area contributed by atoms with Gasteiger partial charge in [0.1, 0.15) is 4.88 Å². The van der Waals surface area contributed by atoms with Gasteiger partial charge in [0.05, 0.1) is 23.4 Å².